The van der Waals surface area contributed by atoms with E-state index in [1.807, 2.05) is 0 Å². The second-order valence-electron chi connectivity index (χ2n) is 6.87. The molecular formula is C20H32N2O4. The average molecular weight is 364 g/mol. The summed E-state index contributed by atoms with van der Waals surface area (Å²) in [6, 6.07) is 1.34. The van der Waals surface area contributed by atoms with Gasteiger partial charge in [-0.2, -0.15) is 0 Å². The van der Waals surface area contributed by atoms with Crippen LogP contribution in [0.2, 0.25) is 0 Å². The number of rotatable bonds is 12. The monoisotopic (exact) mass is 364 g/mol. The molecule has 2 N–H and O–H groups in total. The lowest BCUT2D eigenvalue weighted by Gasteiger charge is -2.14. The van der Waals surface area contributed by atoms with Crippen LogP contribution in [0.25, 0.3) is 0 Å². The van der Waals surface area contributed by atoms with Crippen molar-refractivity contribution in [2.45, 2.75) is 78.2 Å². The maximum atomic E-state index is 11.9. The first-order valence-electron chi connectivity index (χ1n) is 9.53. The molecule has 0 aliphatic rings. The Bertz CT molecular complexity index is 665. The fourth-order valence-electron chi connectivity index (χ4n) is 2.86. The molecule has 146 valence electrons. The molecule has 1 rings (SSSR count). The maximum Gasteiger partial charge on any atom is 0.227 e. The zero-order chi connectivity index (χ0) is 19.5. The van der Waals surface area contributed by atoms with Crippen LogP contribution in [0.1, 0.15) is 76.1 Å². The molecule has 0 saturated carbocycles. The number of aromatic hydroxyl groups is 1. The Balaban J connectivity index is 2.32. The van der Waals surface area contributed by atoms with Crippen molar-refractivity contribution in [1.29, 1.82) is 0 Å². The SMILES string of the molecule is CCCCCCCCCC(=O)CC(=O)NCc1c(O)c(=O)cc(C)n1C. The van der Waals surface area contributed by atoms with Gasteiger partial charge in [-0.15, -0.1) is 0 Å². The summed E-state index contributed by atoms with van der Waals surface area (Å²) in [5.41, 5.74) is 0.551. The Morgan fingerprint density at radius 2 is 1.73 bits per heavy atom. The minimum atomic E-state index is -0.472. The number of pyridine rings is 1. The number of aromatic nitrogens is 1. The van der Waals surface area contributed by atoms with E-state index in [4.69, 9.17) is 0 Å². The summed E-state index contributed by atoms with van der Waals surface area (Å²) in [6.07, 6.45) is 8.21. The highest BCUT2D eigenvalue weighted by molar-refractivity contribution is 5.97. The molecule has 26 heavy (non-hydrogen) atoms. The number of aryl methyl sites for hydroxylation is 1. The van der Waals surface area contributed by atoms with E-state index in [0.717, 1.165) is 19.3 Å². The molecule has 0 atom stereocenters. The van der Waals surface area contributed by atoms with Crippen molar-refractivity contribution in [3.05, 3.63) is 27.7 Å². The van der Waals surface area contributed by atoms with Gasteiger partial charge in [0.15, 0.2) is 5.75 Å². The van der Waals surface area contributed by atoms with Crippen LogP contribution in [0.5, 0.6) is 5.75 Å². The number of unbranched alkanes of at least 4 members (excludes halogenated alkanes) is 6. The molecule has 1 heterocycles. The van der Waals surface area contributed by atoms with Gasteiger partial charge in [0, 0.05) is 25.2 Å². The van der Waals surface area contributed by atoms with E-state index in [2.05, 4.69) is 12.2 Å². The lowest BCUT2D eigenvalue weighted by molar-refractivity contribution is -0.128. The topological polar surface area (TPSA) is 88.4 Å². The summed E-state index contributed by atoms with van der Waals surface area (Å²) in [7, 11) is 1.71. The van der Waals surface area contributed by atoms with Gasteiger partial charge in [0.2, 0.25) is 11.3 Å². The van der Waals surface area contributed by atoms with Crippen LogP contribution in [-0.2, 0) is 23.2 Å². The first-order chi connectivity index (χ1) is 12.4. The molecule has 0 fully saturated rings. The third-order valence-electron chi connectivity index (χ3n) is 4.65. The molecule has 1 amide bonds. The van der Waals surface area contributed by atoms with E-state index < -0.39 is 5.43 Å². The van der Waals surface area contributed by atoms with Crippen LogP contribution in [0.4, 0.5) is 0 Å². The van der Waals surface area contributed by atoms with Crippen molar-refractivity contribution in [1.82, 2.24) is 9.88 Å². The van der Waals surface area contributed by atoms with Gasteiger partial charge in [-0.05, 0) is 13.3 Å². The standard InChI is InChI=1S/C20H32N2O4/c1-4-5-6-7-8-9-10-11-16(23)13-19(25)21-14-17-20(26)18(24)12-15(2)22(17)3/h12,26H,4-11,13-14H2,1-3H3,(H,21,25). The number of nitrogens with one attached hydrogen (secondary N) is 1. The fraction of sp³-hybridized carbons (Fsp3) is 0.650. The van der Waals surface area contributed by atoms with E-state index in [0.29, 0.717) is 17.8 Å². The number of hydrogen-bond donors (Lipinski definition) is 2. The molecule has 0 aliphatic carbocycles. The zero-order valence-electron chi connectivity index (χ0n) is 16.3. The minimum absolute atomic E-state index is 0.0167. The predicted molar refractivity (Wildman–Crippen MR) is 102 cm³/mol. The second-order valence-corrected chi connectivity index (χ2v) is 6.87. The Morgan fingerprint density at radius 3 is 2.38 bits per heavy atom. The second kappa shape index (κ2) is 11.5. The largest absolute Gasteiger partial charge is 0.503 e. The van der Waals surface area contributed by atoms with Crippen LogP contribution < -0.4 is 10.7 Å². The molecule has 6 heteroatoms. The highest BCUT2D eigenvalue weighted by Gasteiger charge is 2.13. The molecule has 0 unspecified atom stereocenters. The molecule has 1 aromatic rings. The lowest BCUT2D eigenvalue weighted by atomic mass is 10.1. The summed E-state index contributed by atoms with van der Waals surface area (Å²) in [5, 5.41) is 12.5. The van der Waals surface area contributed by atoms with Gasteiger partial charge in [-0.25, -0.2) is 0 Å². The molecule has 0 radical (unpaired) electrons. The van der Waals surface area contributed by atoms with E-state index >= 15 is 0 Å². The smallest absolute Gasteiger partial charge is 0.227 e. The van der Waals surface area contributed by atoms with Crippen LogP contribution in [0.15, 0.2) is 10.9 Å². The molecule has 0 bridgehead atoms. The number of hydrogen-bond acceptors (Lipinski definition) is 4. The van der Waals surface area contributed by atoms with Crippen molar-refractivity contribution < 1.29 is 14.7 Å². The quantitative estimate of drug-likeness (QED) is 0.440. The van der Waals surface area contributed by atoms with Crippen LogP contribution in [0.3, 0.4) is 0 Å². The molecule has 6 nitrogen and oxygen atoms in total. The number of amides is 1. The van der Waals surface area contributed by atoms with E-state index in [1.54, 1.807) is 18.5 Å². The summed E-state index contributed by atoms with van der Waals surface area (Å²) < 4.78 is 1.65. The third-order valence-corrected chi connectivity index (χ3v) is 4.65. The van der Waals surface area contributed by atoms with Gasteiger partial charge in [-0.1, -0.05) is 45.4 Å². The van der Waals surface area contributed by atoms with Gasteiger partial charge < -0.3 is 15.0 Å². The van der Waals surface area contributed by atoms with Crippen molar-refractivity contribution in [2.75, 3.05) is 0 Å². The number of ketones is 1. The van der Waals surface area contributed by atoms with Crippen LogP contribution in [0, 0.1) is 6.92 Å². The molecule has 0 spiro atoms. The first kappa shape index (κ1) is 21.9. The average Bonchev–Trinajstić information content (AvgIpc) is 2.59. The Hall–Kier alpha value is -2.11. The summed E-state index contributed by atoms with van der Waals surface area (Å²) in [4.78, 5) is 35.4. The maximum absolute atomic E-state index is 11.9. The van der Waals surface area contributed by atoms with Gasteiger partial charge in [-0.3, -0.25) is 14.4 Å². The number of Topliss-reactive ketones (excluding diaryl/α,β-unsaturated/α-hetero) is 1. The lowest BCUT2D eigenvalue weighted by Crippen LogP contribution is -2.28. The fourth-order valence-corrected chi connectivity index (χ4v) is 2.86. The van der Waals surface area contributed by atoms with E-state index in [1.165, 1.54) is 31.7 Å². The summed E-state index contributed by atoms with van der Waals surface area (Å²) in [6.45, 7) is 3.95. The number of carbonyl (C=O) groups is 2. The predicted octanol–water partition coefficient (Wildman–Crippen LogP) is 3.12. The van der Waals surface area contributed by atoms with Crippen molar-refractivity contribution >= 4 is 11.7 Å². The number of carbonyl (C=O) groups excluding carboxylic acids is 2. The molecule has 1 aromatic heterocycles. The zero-order valence-corrected chi connectivity index (χ0v) is 16.3. The van der Waals surface area contributed by atoms with Crippen molar-refractivity contribution in [2.24, 2.45) is 7.05 Å². The van der Waals surface area contributed by atoms with Crippen LogP contribution in [-0.4, -0.2) is 21.4 Å². The highest BCUT2D eigenvalue weighted by atomic mass is 16.3. The van der Waals surface area contributed by atoms with Gasteiger partial charge >= 0.3 is 0 Å². The Morgan fingerprint density at radius 1 is 1.12 bits per heavy atom. The van der Waals surface area contributed by atoms with E-state index in [-0.39, 0.29) is 30.4 Å². The first-order valence-corrected chi connectivity index (χ1v) is 9.53. The summed E-state index contributed by atoms with van der Waals surface area (Å²) in [5.74, 6) is -0.822. The van der Waals surface area contributed by atoms with Gasteiger partial charge in [0.1, 0.15) is 5.78 Å². The van der Waals surface area contributed by atoms with E-state index in [9.17, 15) is 19.5 Å². The molecule has 0 saturated heterocycles. The van der Waals surface area contributed by atoms with Gasteiger partial charge in [0.05, 0.1) is 18.7 Å². The van der Waals surface area contributed by atoms with Gasteiger partial charge in [0.25, 0.3) is 0 Å². The normalized spacial score (nSPS) is 10.7. The third kappa shape index (κ3) is 7.42. The van der Waals surface area contributed by atoms with Crippen LogP contribution >= 0.6 is 0 Å². The van der Waals surface area contributed by atoms with Crippen molar-refractivity contribution in [3.63, 3.8) is 0 Å². The molecule has 0 aliphatic heterocycles. The van der Waals surface area contributed by atoms with Crippen molar-refractivity contribution in [3.8, 4) is 5.75 Å². The highest BCUT2D eigenvalue weighted by Crippen LogP contribution is 2.13. The Kier molecular flexibility index (Phi) is 9.70. The minimum Gasteiger partial charge on any atom is -0.503 e. The Labute approximate surface area is 155 Å². The molecular weight excluding hydrogens is 332 g/mol. The number of nitrogens with zero attached hydrogens (tertiary/aromatic N) is 1. The summed E-state index contributed by atoms with van der Waals surface area (Å²) >= 11 is 0. The molecule has 0 aromatic carbocycles.